The second-order valence-electron chi connectivity index (χ2n) is 4.19. The molecule has 0 bridgehead atoms. The fraction of sp³-hybridized carbons (Fsp3) is 0.143. The summed E-state index contributed by atoms with van der Waals surface area (Å²) in [6, 6.07) is 8.71. The van der Waals surface area contributed by atoms with Crippen molar-refractivity contribution < 1.29 is 14.1 Å². The van der Waals surface area contributed by atoms with Crippen LogP contribution in [0.5, 0.6) is 11.5 Å². The molecule has 0 N–H and O–H groups in total. The smallest absolute Gasteiger partial charge is 0.272 e. The van der Waals surface area contributed by atoms with Crippen LogP contribution in [0, 0.1) is 22.9 Å². The summed E-state index contributed by atoms with van der Waals surface area (Å²) in [5, 5.41) is 11.2. The number of aryl methyl sites for hydroxylation is 1. The number of nitrogens with zero attached hydrogens (tertiary/aromatic N) is 1. The van der Waals surface area contributed by atoms with Gasteiger partial charge in [-0.3, -0.25) is 10.1 Å². The van der Waals surface area contributed by atoms with E-state index in [1.165, 1.54) is 30.3 Å². The Bertz CT molecular complexity index is 661. The van der Waals surface area contributed by atoms with Gasteiger partial charge in [0, 0.05) is 22.5 Å². The monoisotopic (exact) mass is 339 g/mol. The maximum atomic E-state index is 13.1. The molecule has 0 heterocycles. The van der Waals surface area contributed by atoms with E-state index in [1.807, 2.05) is 0 Å². The lowest BCUT2D eigenvalue weighted by Gasteiger charge is -2.10. The van der Waals surface area contributed by atoms with Crippen LogP contribution in [0.3, 0.4) is 0 Å². The summed E-state index contributed by atoms with van der Waals surface area (Å²) in [4.78, 5) is 10.3. The zero-order chi connectivity index (χ0) is 14.7. The van der Waals surface area contributed by atoms with Crippen LogP contribution in [0.25, 0.3) is 0 Å². The number of ether oxygens (including phenoxy) is 1. The van der Waals surface area contributed by atoms with Crippen LogP contribution in [0.1, 0.15) is 11.1 Å². The molecule has 104 valence electrons. The Morgan fingerprint density at radius 3 is 2.65 bits per heavy atom. The molecule has 0 saturated heterocycles. The molecule has 2 aromatic rings. The lowest BCUT2D eigenvalue weighted by molar-refractivity contribution is -0.385. The lowest BCUT2D eigenvalue weighted by Crippen LogP contribution is -1.94. The lowest BCUT2D eigenvalue weighted by atomic mass is 10.2. The van der Waals surface area contributed by atoms with Crippen LogP contribution >= 0.6 is 15.9 Å². The number of rotatable bonds is 4. The summed E-state index contributed by atoms with van der Waals surface area (Å²) >= 11 is 3.27. The number of halogens is 2. The molecule has 6 heteroatoms. The largest absolute Gasteiger partial charge is 0.457 e. The molecule has 0 amide bonds. The van der Waals surface area contributed by atoms with Crippen molar-refractivity contribution in [2.75, 3.05) is 0 Å². The highest BCUT2D eigenvalue weighted by Crippen LogP contribution is 2.30. The van der Waals surface area contributed by atoms with Gasteiger partial charge in [0.25, 0.3) is 5.69 Å². The molecule has 0 spiro atoms. The molecule has 0 radical (unpaired) electrons. The molecule has 0 aliphatic rings. The third-order valence-electron chi connectivity index (χ3n) is 2.76. The molecule has 4 nitrogen and oxygen atoms in total. The summed E-state index contributed by atoms with van der Waals surface area (Å²) in [6.07, 6.45) is 0. The van der Waals surface area contributed by atoms with E-state index in [9.17, 15) is 14.5 Å². The fourth-order valence-corrected chi connectivity index (χ4v) is 2.21. The molecule has 0 aromatic heterocycles. The number of alkyl halides is 1. The Kier molecular flexibility index (Phi) is 4.34. The molecular weight excluding hydrogens is 329 g/mol. The van der Waals surface area contributed by atoms with Gasteiger partial charge in [0.1, 0.15) is 17.3 Å². The van der Waals surface area contributed by atoms with Gasteiger partial charge in [-0.25, -0.2) is 4.39 Å². The maximum absolute atomic E-state index is 13.1. The molecule has 0 aliphatic carbocycles. The van der Waals surface area contributed by atoms with Crippen LogP contribution in [0.15, 0.2) is 36.4 Å². The van der Waals surface area contributed by atoms with Gasteiger partial charge in [0.15, 0.2) is 0 Å². The topological polar surface area (TPSA) is 52.4 Å². The van der Waals surface area contributed by atoms with Gasteiger partial charge in [-0.15, -0.1) is 0 Å². The van der Waals surface area contributed by atoms with Gasteiger partial charge in [-0.1, -0.05) is 15.9 Å². The first-order chi connectivity index (χ1) is 9.51. The highest BCUT2D eigenvalue weighted by Gasteiger charge is 2.12. The quantitative estimate of drug-likeness (QED) is 0.459. The van der Waals surface area contributed by atoms with Crippen LogP contribution in [0.4, 0.5) is 10.1 Å². The van der Waals surface area contributed by atoms with E-state index < -0.39 is 4.92 Å². The SMILES string of the molecule is Cc1cc(Oc2ccc(F)cc2CBr)ccc1[N+](=O)[O-]. The van der Waals surface area contributed by atoms with Crippen LogP contribution in [-0.4, -0.2) is 4.92 Å². The van der Waals surface area contributed by atoms with Gasteiger partial charge in [-0.05, 0) is 37.3 Å². The number of nitro groups is 1. The molecular formula is C14H11BrFNO3. The second kappa shape index (κ2) is 6.00. The highest BCUT2D eigenvalue weighted by atomic mass is 79.9. The molecule has 0 aliphatic heterocycles. The zero-order valence-corrected chi connectivity index (χ0v) is 12.2. The third kappa shape index (κ3) is 3.14. The van der Waals surface area contributed by atoms with Crippen molar-refractivity contribution in [2.45, 2.75) is 12.3 Å². The fourth-order valence-electron chi connectivity index (χ4n) is 1.78. The van der Waals surface area contributed by atoms with E-state index in [4.69, 9.17) is 4.74 Å². The van der Waals surface area contributed by atoms with Crippen LogP contribution < -0.4 is 4.74 Å². The normalized spacial score (nSPS) is 10.3. The first kappa shape index (κ1) is 14.5. The minimum atomic E-state index is -0.444. The predicted octanol–water partition coefficient (Wildman–Crippen LogP) is 4.73. The van der Waals surface area contributed by atoms with Crippen molar-refractivity contribution in [3.05, 3.63) is 63.5 Å². The first-order valence-corrected chi connectivity index (χ1v) is 6.90. The van der Waals surface area contributed by atoms with Crippen molar-refractivity contribution >= 4 is 21.6 Å². The van der Waals surface area contributed by atoms with E-state index in [-0.39, 0.29) is 11.5 Å². The average molecular weight is 340 g/mol. The standard InChI is InChI=1S/C14H11BrFNO3/c1-9-6-12(3-4-13(9)17(18)19)20-14-5-2-11(16)7-10(14)8-15/h2-7H,8H2,1H3. The Morgan fingerprint density at radius 1 is 1.30 bits per heavy atom. The molecule has 0 fully saturated rings. The molecule has 2 rings (SSSR count). The highest BCUT2D eigenvalue weighted by molar-refractivity contribution is 9.08. The van der Waals surface area contributed by atoms with Gasteiger partial charge in [0.05, 0.1) is 4.92 Å². The van der Waals surface area contributed by atoms with Gasteiger partial charge >= 0.3 is 0 Å². The summed E-state index contributed by atoms with van der Waals surface area (Å²) in [6.45, 7) is 1.64. The van der Waals surface area contributed by atoms with Crippen molar-refractivity contribution in [3.8, 4) is 11.5 Å². The van der Waals surface area contributed by atoms with Gasteiger partial charge in [-0.2, -0.15) is 0 Å². The predicted molar refractivity (Wildman–Crippen MR) is 76.9 cm³/mol. The maximum Gasteiger partial charge on any atom is 0.272 e. The van der Waals surface area contributed by atoms with Crippen molar-refractivity contribution in [1.29, 1.82) is 0 Å². The second-order valence-corrected chi connectivity index (χ2v) is 4.75. The number of hydrogen-bond donors (Lipinski definition) is 0. The van der Waals surface area contributed by atoms with E-state index >= 15 is 0 Å². The van der Waals surface area contributed by atoms with E-state index in [1.54, 1.807) is 13.0 Å². The van der Waals surface area contributed by atoms with Crippen molar-refractivity contribution in [1.82, 2.24) is 0 Å². The van der Waals surface area contributed by atoms with E-state index in [0.29, 0.717) is 28.0 Å². The average Bonchev–Trinajstić information content (AvgIpc) is 2.40. The molecule has 2 aromatic carbocycles. The van der Waals surface area contributed by atoms with Crippen LogP contribution in [0.2, 0.25) is 0 Å². The van der Waals surface area contributed by atoms with E-state index in [0.717, 1.165) is 0 Å². The van der Waals surface area contributed by atoms with E-state index in [2.05, 4.69) is 15.9 Å². The summed E-state index contributed by atoms with van der Waals surface area (Å²) < 4.78 is 18.8. The number of hydrogen-bond acceptors (Lipinski definition) is 3. The molecule has 0 atom stereocenters. The minimum absolute atomic E-state index is 0.0390. The van der Waals surface area contributed by atoms with Gasteiger partial charge in [0.2, 0.25) is 0 Å². The number of benzene rings is 2. The van der Waals surface area contributed by atoms with Crippen molar-refractivity contribution in [2.24, 2.45) is 0 Å². The Labute approximate surface area is 123 Å². The summed E-state index contributed by atoms with van der Waals surface area (Å²) in [7, 11) is 0. The Hall–Kier alpha value is -1.95. The Morgan fingerprint density at radius 2 is 2.05 bits per heavy atom. The first-order valence-electron chi connectivity index (χ1n) is 5.78. The molecule has 20 heavy (non-hydrogen) atoms. The third-order valence-corrected chi connectivity index (χ3v) is 3.36. The van der Waals surface area contributed by atoms with Crippen LogP contribution in [-0.2, 0) is 5.33 Å². The van der Waals surface area contributed by atoms with Gasteiger partial charge < -0.3 is 4.74 Å². The minimum Gasteiger partial charge on any atom is -0.457 e. The van der Waals surface area contributed by atoms with Crippen molar-refractivity contribution in [3.63, 3.8) is 0 Å². The Balaban J connectivity index is 2.31. The molecule has 0 saturated carbocycles. The number of nitro benzene ring substituents is 1. The summed E-state index contributed by atoms with van der Waals surface area (Å²) in [5.41, 5.74) is 1.22. The zero-order valence-electron chi connectivity index (χ0n) is 10.6. The molecule has 0 unspecified atom stereocenters. The summed E-state index contributed by atoms with van der Waals surface area (Å²) in [5.74, 6) is 0.644.